The van der Waals surface area contributed by atoms with Gasteiger partial charge >= 0.3 is 5.97 Å². The Morgan fingerprint density at radius 1 is 1.15 bits per heavy atom. The van der Waals surface area contributed by atoms with Crippen molar-refractivity contribution in [2.75, 3.05) is 12.0 Å². The minimum Gasteiger partial charge on any atom is -0.467 e. The zero-order chi connectivity index (χ0) is 18.1. The van der Waals surface area contributed by atoms with Gasteiger partial charge in [0, 0.05) is 16.4 Å². The van der Waals surface area contributed by atoms with Crippen LogP contribution in [0.1, 0.15) is 44.1 Å². The molecule has 0 N–H and O–H groups in total. The molecule has 6 rings (SSSR count). The van der Waals surface area contributed by atoms with Gasteiger partial charge in [-0.2, -0.15) is 0 Å². The zero-order valence-electron chi connectivity index (χ0n) is 15.0. The van der Waals surface area contributed by atoms with E-state index in [0.29, 0.717) is 18.3 Å². The highest BCUT2D eigenvalue weighted by molar-refractivity contribution is 9.10. The molecular weight excluding hydrogens is 394 g/mol. The van der Waals surface area contributed by atoms with E-state index in [1.165, 1.54) is 26.4 Å². The average molecular weight is 418 g/mol. The summed E-state index contributed by atoms with van der Waals surface area (Å²) in [5.74, 6) is 1.10. The van der Waals surface area contributed by atoms with Crippen LogP contribution in [0, 0.1) is 17.3 Å². The average Bonchev–Trinajstić information content (AvgIpc) is 2.97. The standard InChI is InChI=1S/C21H24BrNO3/c1-26-18(24)17-7-15-4-2-3-5-16(15)23(17)19(25)20-8-13-6-14(9-20)11-21(22,10-13)12-20/h2-5,13-14,17H,6-12H2,1H3. The Balaban J connectivity index is 1.55. The largest absolute Gasteiger partial charge is 0.467 e. The molecule has 4 nitrogen and oxygen atoms in total. The van der Waals surface area contributed by atoms with Gasteiger partial charge in [0.05, 0.1) is 12.5 Å². The summed E-state index contributed by atoms with van der Waals surface area (Å²) in [4.78, 5) is 28.2. The molecule has 4 bridgehead atoms. The number of carbonyl (C=O) groups is 2. The van der Waals surface area contributed by atoms with E-state index < -0.39 is 6.04 Å². The molecule has 5 heteroatoms. The topological polar surface area (TPSA) is 46.6 Å². The number of halogens is 1. The highest BCUT2D eigenvalue weighted by Gasteiger charge is 2.61. The predicted octanol–water partition coefficient (Wildman–Crippen LogP) is 3.85. The zero-order valence-corrected chi connectivity index (χ0v) is 16.6. The van der Waals surface area contributed by atoms with Crippen LogP contribution in [0.4, 0.5) is 5.69 Å². The van der Waals surface area contributed by atoms with Gasteiger partial charge in [-0.3, -0.25) is 9.69 Å². The first kappa shape index (κ1) is 16.8. The maximum atomic E-state index is 13.9. The molecule has 26 heavy (non-hydrogen) atoms. The van der Waals surface area contributed by atoms with Gasteiger partial charge in [-0.1, -0.05) is 34.1 Å². The molecule has 1 aliphatic heterocycles. The lowest BCUT2D eigenvalue weighted by molar-refractivity contribution is -0.148. The number of methoxy groups -OCH3 is 1. The lowest BCUT2D eigenvalue weighted by atomic mass is 9.49. The van der Waals surface area contributed by atoms with E-state index in [2.05, 4.69) is 15.9 Å². The molecule has 0 aromatic heterocycles. The first-order chi connectivity index (χ1) is 12.4. The third-order valence-electron chi connectivity index (χ3n) is 7.11. The summed E-state index contributed by atoms with van der Waals surface area (Å²) in [5, 5.41) is 0. The van der Waals surface area contributed by atoms with Crippen LogP contribution >= 0.6 is 15.9 Å². The van der Waals surface area contributed by atoms with E-state index in [4.69, 9.17) is 4.74 Å². The van der Waals surface area contributed by atoms with E-state index in [1.54, 1.807) is 4.90 Å². The van der Waals surface area contributed by atoms with Gasteiger partial charge in [0.15, 0.2) is 0 Å². The Morgan fingerprint density at radius 2 is 1.85 bits per heavy atom. The SMILES string of the molecule is COC(=O)C1Cc2ccccc2N1C(=O)C12CC3CC(CC(Br)(C3)C1)C2. The van der Waals surface area contributed by atoms with Gasteiger partial charge in [-0.15, -0.1) is 0 Å². The number of hydrogen-bond acceptors (Lipinski definition) is 3. The van der Waals surface area contributed by atoms with Crippen LogP contribution in [-0.4, -0.2) is 29.4 Å². The summed E-state index contributed by atoms with van der Waals surface area (Å²) in [5.41, 5.74) is 1.64. The van der Waals surface area contributed by atoms with Crippen molar-refractivity contribution in [1.29, 1.82) is 0 Å². The smallest absolute Gasteiger partial charge is 0.329 e. The van der Waals surface area contributed by atoms with Crippen molar-refractivity contribution >= 4 is 33.5 Å². The van der Waals surface area contributed by atoms with Crippen LogP contribution in [0.3, 0.4) is 0 Å². The van der Waals surface area contributed by atoms with Crippen molar-refractivity contribution < 1.29 is 14.3 Å². The molecule has 0 radical (unpaired) electrons. The summed E-state index contributed by atoms with van der Waals surface area (Å²) in [6.45, 7) is 0. The quantitative estimate of drug-likeness (QED) is 0.542. The third kappa shape index (κ3) is 2.32. The monoisotopic (exact) mass is 417 g/mol. The molecule has 1 aromatic carbocycles. The molecular formula is C21H24BrNO3. The molecule has 0 saturated heterocycles. The van der Waals surface area contributed by atoms with E-state index in [0.717, 1.165) is 30.5 Å². The predicted molar refractivity (Wildman–Crippen MR) is 102 cm³/mol. The fourth-order valence-electron chi connectivity index (χ4n) is 6.62. The number of alkyl halides is 1. The lowest BCUT2D eigenvalue weighted by Gasteiger charge is -2.60. The molecule has 3 unspecified atom stereocenters. The normalized spacial score (nSPS) is 39.8. The number of rotatable bonds is 2. The Hall–Kier alpha value is -1.36. The van der Waals surface area contributed by atoms with Crippen LogP contribution in [-0.2, 0) is 20.7 Å². The molecule has 138 valence electrons. The van der Waals surface area contributed by atoms with Gasteiger partial charge in [-0.25, -0.2) is 4.79 Å². The first-order valence-corrected chi connectivity index (χ1v) is 10.4. The van der Waals surface area contributed by atoms with Crippen molar-refractivity contribution in [3.05, 3.63) is 29.8 Å². The number of benzene rings is 1. The molecule has 4 saturated carbocycles. The van der Waals surface area contributed by atoms with Gasteiger partial charge in [0.25, 0.3) is 0 Å². The Kier molecular flexibility index (Phi) is 3.60. The number of anilines is 1. The van der Waals surface area contributed by atoms with Crippen LogP contribution in [0.25, 0.3) is 0 Å². The van der Waals surface area contributed by atoms with E-state index in [9.17, 15) is 9.59 Å². The second kappa shape index (κ2) is 5.57. The van der Waals surface area contributed by atoms with Crippen LogP contribution in [0.5, 0.6) is 0 Å². The number of amides is 1. The van der Waals surface area contributed by atoms with Crippen LogP contribution in [0.15, 0.2) is 24.3 Å². The van der Waals surface area contributed by atoms with Crippen molar-refractivity contribution in [2.45, 2.75) is 55.3 Å². The second-order valence-electron chi connectivity index (χ2n) is 8.94. The Labute approximate surface area is 162 Å². The highest BCUT2D eigenvalue weighted by Crippen LogP contribution is 2.65. The van der Waals surface area contributed by atoms with Crippen molar-refractivity contribution in [2.24, 2.45) is 17.3 Å². The molecule has 1 heterocycles. The minimum absolute atomic E-state index is 0.118. The number of nitrogens with zero attached hydrogens (tertiary/aromatic N) is 1. The van der Waals surface area contributed by atoms with Crippen molar-refractivity contribution in [1.82, 2.24) is 0 Å². The van der Waals surface area contributed by atoms with Crippen molar-refractivity contribution in [3.63, 3.8) is 0 Å². The maximum Gasteiger partial charge on any atom is 0.329 e. The summed E-state index contributed by atoms with van der Waals surface area (Å²) in [6.07, 6.45) is 7.05. The first-order valence-electron chi connectivity index (χ1n) is 9.61. The summed E-state index contributed by atoms with van der Waals surface area (Å²) in [7, 11) is 1.41. The fourth-order valence-corrected chi connectivity index (χ4v) is 8.07. The molecule has 1 aromatic rings. The minimum atomic E-state index is -0.524. The number of para-hydroxylation sites is 1. The lowest BCUT2D eigenvalue weighted by Crippen LogP contribution is -2.60. The fraction of sp³-hybridized carbons (Fsp3) is 0.619. The second-order valence-corrected chi connectivity index (χ2v) is 10.6. The number of carbonyl (C=O) groups excluding carboxylic acids is 2. The Bertz CT molecular complexity index is 777. The van der Waals surface area contributed by atoms with Crippen molar-refractivity contribution in [3.8, 4) is 0 Å². The van der Waals surface area contributed by atoms with Gasteiger partial charge in [-0.05, 0) is 62.0 Å². The molecule has 5 aliphatic rings. The van der Waals surface area contributed by atoms with E-state index in [-0.39, 0.29) is 21.6 Å². The third-order valence-corrected chi connectivity index (χ3v) is 8.04. The summed E-state index contributed by atoms with van der Waals surface area (Å²) < 4.78 is 5.16. The van der Waals surface area contributed by atoms with Gasteiger partial charge in [0.2, 0.25) is 5.91 Å². The summed E-state index contributed by atoms with van der Waals surface area (Å²) in [6, 6.07) is 7.39. The van der Waals surface area contributed by atoms with Gasteiger partial charge in [0.1, 0.15) is 6.04 Å². The highest BCUT2D eigenvalue weighted by atomic mass is 79.9. The van der Waals surface area contributed by atoms with E-state index in [1.807, 2.05) is 24.3 Å². The molecule has 0 spiro atoms. The van der Waals surface area contributed by atoms with Crippen LogP contribution in [0.2, 0.25) is 0 Å². The molecule has 4 fully saturated rings. The number of esters is 1. The number of fused-ring (bicyclic) bond motifs is 1. The maximum absolute atomic E-state index is 13.9. The van der Waals surface area contributed by atoms with Gasteiger partial charge < -0.3 is 4.74 Å². The van der Waals surface area contributed by atoms with Crippen LogP contribution < -0.4 is 4.90 Å². The Morgan fingerprint density at radius 3 is 2.50 bits per heavy atom. The molecule has 1 amide bonds. The summed E-state index contributed by atoms with van der Waals surface area (Å²) >= 11 is 4.00. The number of hydrogen-bond donors (Lipinski definition) is 0. The van der Waals surface area contributed by atoms with E-state index >= 15 is 0 Å². The number of ether oxygens (including phenoxy) is 1. The molecule has 3 atom stereocenters. The molecule has 4 aliphatic carbocycles.